The number of aromatic nitrogens is 1. The van der Waals surface area contributed by atoms with Crippen molar-refractivity contribution >= 4 is 17.4 Å². The molecule has 1 aromatic carbocycles. The second-order valence-corrected chi connectivity index (χ2v) is 4.53. The van der Waals surface area contributed by atoms with Crippen molar-refractivity contribution in [3.8, 4) is 5.75 Å². The highest BCUT2D eigenvalue weighted by Crippen LogP contribution is 2.14. The van der Waals surface area contributed by atoms with Crippen LogP contribution in [0.2, 0.25) is 5.15 Å². The molecule has 0 N–H and O–H groups in total. The normalized spacial score (nSPS) is 10.2. The lowest BCUT2D eigenvalue weighted by Crippen LogP contribution is -2.01. The van der Waals surface area contributed by atoms with Crippen molar-refractivity contribution in [2.45, 2.75) is 12.8 Å². The first-order valence-electron chi connectivity index (χ1n) is 5.97. The highest BCUT2D eigenvalue weighted by atomic mass is 35.5. The maximum atomic E-state index is 11.9. The first-order chi connectivity index (χ1) is 9.19. The summed E-state index contributed by atoms with van der Waals surface area (Å²) in [5.41, 5.74) is 1.70. The average Bonchev–Trinajstić information content (AvgIpc) is 2.46. The van der Waals surface area contributed by atoms with Gasteiger partial charge < -0.3 is 4.74 Å². The second kappa shape index (κ2) is 6.34. The molecule has 2 aromatic rings. The van der Waals surface area contributed by atoms with E-state index in [4.69, 9.17) is 16.3 Å². The molecule has 0 radical (unpaired) electrons. The Labute approximate surface area is 117 Å². The predicted octanol–water partition coefficient (Wildman–Crippen LogP) is 3.56. The van der Waals surface area contributed by atoms with Crippen LogP contribution in [-0.4, -0.2) is 17.9 Å². The highest BCUT2D eigenvalue weighted by Gasteiger charge is 2.06. The molecule has 0 unspecified atom stereocenters. The average molecular weight is 276 g/mol. The van der Waals surface area contributed by atoms with Crippen LogP contribution in [0.4, 0.5) is 0 Å². The molecule has 1 heterocycles. The number of halogens is 1. The Morgan fingerprint density at radius 3 is 2.53 bits per heavy atom. The lowest BCUT2D eigenvalue weighted by Gasteiger charge is -2.03. The van der Waals surface area contributed by atoms with E-state index in [1.165, 1.54) is 6.20 Å². The monoisotopic (exact) mass is 275 g/mol. The summed E-state index contributed by atoms with van der Waals surface area (Å²) in [4.78, 5) is 15.9. The predicted molar refractivity (Wildman–Crippen MR) is 74.9 cm³/mol. The number of nitrogens with zero attached hydrogens (tertiary/aromatic N) is 1. The summed E-state index contributed by atoms with van der Waals surface area (Å²) >= 11 is 5.68. The number of carbonyl (C=O) groups is 1. The number of methoxy groups -OCH3 is 1. The zero-order valence-electron chi connectivity index (χ0n) is 10.6. The number of benzene rings is 1. The molecule has 0 atom stereocenters. The fourth-order valence-electron chi connectivity index (χ4n) is 1.74. The first-order valence-corrected chi connectivity index (χ1v) is 6.34. The molecule has 0 aliphatic heterocycles. The van der Waals surface area contributed by atoms with E-state index >= 15 is 0 Å². The van der Waals surface area contributed by atoms with Gasteiger partial charge in [0.15, 0.2) is 5.78 Å². The van der Waals surface area contributed by atoms with Crippen molar-refractivity contribution in [1.29, 1.82) is 0 Å². The van der Waals surface area contributed by atoms with Crippen molar-refractivity contribution in [3.05, 3.63) is 58.9 Å². The third-order valence-electron chi connectivity index (χ3n) is 2.85. The number of hydrogen-bond acceptors (Lipinski definition) is 3. The molecular formula is C15H14ClNO2. The molecule has 0 aliphatic carbocycles. The van der Waals surface area contributed by atoms with E-state index in [0.29, 0.717) is 23.6 Å². The number of carbonyl (C=O) groups excluding carboxylic acids is 1. The maximum Gasteiger partial charge on any atom is 0.164 e. The molecule has 0 spiro atoms. The minimum absolute atomic E-state index is 0.0694. The molecule has 3 nitrogen and oxygen atoms in total. The molecular weight excluding hydrogens is 262 g/mol. The van der Waals surface area contributed by atoms with Crippen LogP contribution < -0.4 is 4.74 Å². The number of pyridine rings is 1. The number of hydrogen-bond donors (Lipinski definition) is 0. The Kier molecular flexibility index (Phi) is 4.53. The summed E-state index contributed by atoms with van der Waals surface area (Å²) in [6, 6.07) is 11.0. The van der Waals surface area contributed by atoms with Gasteiger partial charge in [-0.2, -0.15) is 0 Å². The van der Waals surface area contributed by atoms with Gasteiger partial charge in [-0.25, -0.2) is 4.98 Å². The molecule has 19 heavy (non-hydrogen) atoms. The van der Waals surface area contributed by atoms with Crippen LogP contribution in [-0.2, 0) is 6.42 Å². The van der Waals surface area contributed by atoms with Crippen molar-refractivity contribution in [2.24, 2.45) is 0 Å². The van der Waals surface area contributed by atoms with Gasteiger partial charge in [0.25, 0.3) is 0 Å². The van der Waals surface area contributed by atoms with Crippen molar-refractivity contribution in [3.63, 3.8) is 0 Å². The number of Topliss-reactive ketones (excluding diaryl/α,β-unsaturated/α-hetero) is 1. The topological polar surface area (TPSA) is 39.2 Å². The first kappa shape index (κ1) is 13.6. The van der Waals surface area contributed by atoms with E-state index in [1.807, 2.05) is 24.3 Å². The molecule has 4 heteroatoms. The van der Waals surface area contributed by atoms with Crippen LogP contribution in [0.5, 0.6) is 5.75 Å². The lowest BCUT2D eigenvalue weighted by atomic mass is 10.0. The Hall–Kier alpha value is -1.87. The Bertz CT molecular complexity index is 549. The summed E-state index contributed by atoms with van der Waals surface area (Å²) in [5.74, 6) is 0.886. The van der Waals surface area contributed by atoms with Gasteiger partial charge in [-0.15, -0.1) is 0 Å². The number of aryl methyl sites for hydroxylation is 1. The number of rotatable bonds is 5. The van der Waals surface area contributed by atoms with E-state index in [1.54, 1.807) is 19.2 Å². The Morgan fingerprint density at radius 1 is 1.21 bits per heavy atom. The molecule has 1 aromatic heterocycles. The molecule has 2 rings (SSSR count). The lowest BCUT2D eigenvalue weighted by molar-refractivity contribution is 0.0982. The van der Waals surface area contributed by atoms with Gasteiger partial charge in [-0.05, 0) is 36.2 Å². The minimum atomic E-state index is 0.0694. The van der Waals surface area contributed by atoms with E-state index in [-0.39, 0.29) is 5.78 Å². The molecule has 0 saturated carbocycles. The molecule has 0 saturated heterocycles. The fraction of sp³-hybridized carbons (Fsp3) is 0.200. The summed E-state index contributed by atoms with van der Waals surface area (Å²) in [6.07, 6.45) is 2.67. The van der Waals surface area contributed by atoms with E-state index < -0.39 is 0 Å². The second-order valence-electron chi connectivity index (χ2n) is 4.14. The summed E-state index contributed by atoms with van der Waals surface area (Å²) in [6.45, 7) is 0. The van der Waals surface area contributed by atoms with Gasteiger partial charge in [0.1, 0.15) is 10.9 Å². The number of ketones is 1. The Morgan fingerprint density at radius 2 is 1.95 bits per heavy atom. The molecule has 0 aliphatic rings. The third-order valence-corrected chi connectivity index (χ3v) is 3.07. The van der Waals surface area contributed by atoms with Crippen LogP contribution in [0.25, 0.3) is 0 Å². The van der Waals surface area contributed by atoms with Crippen molar-refractivity contribution in [2.75, 3.05) is 7.11 Å². The third kappa shape index (κ3) is 3.80. The van der Waals surface area contributed by atoms with Gasteiger partial charge in [0.2, 0.25) is 0 Å². The minimum Gasteiger partial charge on any atom is -0.497 e. The van der Waals surface area contributed by atoms with Gasteiger partial charge >= 0.3 is 0 Å². The molecule has 0 amide bonds. The van der Waals surface area contributed by atoms with E-state index in [9.17, 15) is 4.79 Å². The standard InChI is InChI=1S/C15H14ClNO2/c1-19-13-6-2-11(3-7-13)4-8-14(18)12-5-9-15(16)17-10-12/h2-3,5-7,9-10H,4,8H2,1H3. The fourth-order valence-corrected chi connectivity index (χ4v) is 1.85. The van der Waals surface area contributed by atoms with Crippen LogP contribution in [0, 0.1) is 0 Å². The zero-order chi connectivity index (χ0) is 13.7. The molecule has 0 bridgehead atoms. The number of ether oxygens (including phenoxy) is 1. The van der Waals surface area contributed by atoms with Crippen molar-refractivity contribution < 1.29 is 9.53 Å². The quantitative estimate of drug-likeness (QED) is 0.619. The van der Waals surface area contributed by atoms with Crippen LogP contribution in [0.15, 0.2) is 42.6 Å². The van der Waals surface area contributed by atoms with Crippen LogP contribution in [0.3, 0.4) is 0 Å². The van der Waals surface area contributed by atoms with Gasteiger partial charge in [0, 0.05) is 18.2 Å². The summed E-state index contributed by atoms with van der Waals surface area (Å²) in [5, 5.41) is 0.395. The molecule has 0 fully saturated rings. The largest absolute Gasteiger partial charge is 0.497 e. The SMILES string of the molecule is COc1ccc(CCC(=O)c2ccc(Cl)nc2)cc1. The van der Waals surface area contributed by atoms with Crippen molar-refractivity contribution in [1.82, 2.24) is 4.98 Å². The zero-order valence-corrected chi connectivity index (χ0v) is 11.4. The summed E-state index contributed by atoms with van der Waals surface area (Å²) < 4.78 is 5.09. The van der Waals surface area contributed by atoms with Gasteiger partial charge in [-0.1, -0.05) is 23.7 Å². The van der Waals surface area contributed by atoms with Crippen LogP contribution >= 0.6 is 11.6 Å². The van der Waals surface area contributed by atoms with Gasteiger partial charge in [-0.3, -0.25) is 4.79 Å². The Balaban J connectivity index is 1.94. The van der Waals surface area contributed by atoms with Crippen LogP contribution in [0.1, 0.15) is 22.3 Å². The highest BCUT2D eigenvalue weighted by molar-refractivity contribution is 6.29. The summed E-state index contributed by atoms with van der Waals surface area (Å²) in [7, 11) is 1.63. The smallest absolute Gasteiger partial charge is 0.164 e. The van der Waals surface area contributed by atoms with E-state index in [2.05, 4.69) is 4.98 Å². The van der Waals surface area contributed by atoms with Gasteiger partial charge in [0.05, 0.1) is 7.11 Å². The van der Waals surface area contributed by atoms with E-state index in [0.717, 1.165) is 11.3 Å². The molecule has 98 valence electrons. The maximum absolute atomic E-state index is 11.9.